The van der Waals surface area contributed by atoms with E-state index in [-0.39, 0.29) is 11.7 Å². The second kappa shape index (κ2) is 7.22. The van der Waals surface area contributed by atoms with E-state index in [0.29, 0.717) is 11.3 Å². The number of pyridine rings is 1. The number of hydrogen-bond donors (Lipinski definition) is 1. The molecule has 2 heterocycles. The van der Waals surface area contributed by atoms with E-state index in [1.807, 2.05) is 6.07 Å². The minimum atomic E-state index is -0.326. The molecule has 2 aromatic rings. The van der Waals surface area contributed by atoms with Gasteiger partial charge in [-0.1, -0.05) is 12.8 Å². The fraction of sp³-hybridized carbons (Fsp3) is 0.333. The molecule has 0 aliphatic carbocycles. The van der Waals surface area contributed by atoms with Crippen molar-refractivity contribution in [1.82, 2.24) is 4.98 Å². The summed E-state index contributed by atoms with van der Waals surface area (Å²) in [6.07, 6.45) is 8.22. The summed E-state index contributed by atoms with van der Waals surface area (Å²) in [6.45, 7) is 2.01. The van der Waals surface area contributed by atoms with Gasteiger partial charge in [0.1, 0.15) is 5.82 Å². The van der Waals surface area contributed by atoms with Crippen molar-refractivity contribution in [3.63, 3.8) is 0 Å². The summed E-state index contributed by atoms with van der Waals surface area (Å²) in [4.78, 5) is 18.8. The van der Waals surface area contributed by atoms with Crippen LogP contribution in [0.3, 0.4) is 0 Å². The highest BCUT2D eigenvalue weighted by atomic mass is 19.1. The standard InChI is InChI=1S/C18H20FN3O/c19-15-5-7-16(8-6-15)21-18(23)14-11-17(13-20-12-14)22-9-3-1-2-4-10-22/h5-8,11-13H,1-4,9-10H2,(H,21,23). The fourth-order valence-electron chi connectivity index (χ4n) is 2.79. The Balaban J connectivity index is 1.73. The minimum Gasteiger partial charge on any atom is -0.370 e. The maximum Gasteiger partial charge on any atom is 0.257 e. The Morgan fingerprint density at radius 3 is 2.43 bits per heavy atom. The van der Waals surface area contributed by atoms with Crippen LogP contribution in [0.1, 0.15) is 36.0 Å². The van der Waals surface area contributed by atoms with E-state index in [4.69, 9.17) is 0 Å². The normalized spacial score (nSPS) is 15.1. The largest absolute Gasteiger partial charge is 0.370 e. The topological polar surface area (TPSA) is 45.2 Å². The molecule has 1 aromatic carbocycles. The van der Waals surface area contributed by atoms with Crippen LogP contribution in [0.4, 0.5) is 15.8 Å². The van der Waals surface area contributed by atoms with Gasteiger partial charge >= 0.3 is 0 Å². The number of anilines is 2. The highest BCUT2D eigenvalue weighted by Crippen LogP contribution is 2.20. The first kappa shape index (κ1) is 15.5. The predicted molar refractivity (Wildman–Crippen MR) is 89.3 cm³/mol. The monoisotopic (exact) mass is 313 g/mol. The quantitative estimate of drug-likeness (QED) is 0.936. The molecule has 0 radical (unpaired) electrons. The van der Waals surface area contributed by atoms with E-state index < -0.39 is 0 Å². The molecule has 23 heavy (non-hydrogen) atoms. The van der Waals surface area contributed by atoms with E-state index in [1.54, 1.807) is 24.5 Å². The molecule has 1 fully saturated rings. The van der Waals surface area contributed by atoms with Crippen molar-refractivity contribution in [2.75, 3.05) is 23.3 Å². The lowest BCUT2D eigenvalue weighted by Gasteiger charge is -2.22. The van der Waals surface area contributed by atoms with Gasteiger partial charge in [-0.3, -0.25) is 9.78 Å². The number of carbonyl (C=O) groups excluding carboxylic acids is 1. The fourth-order valence-corrected chi connectivity index (χ4v) is 2.79. The van der Waals surface area contributed by atoms with Gasteiger partial charge in [0.25, 0.3) is 5.91 Å². The number of halogens is 1. The first-order valence-electron chi connectivity index (χ1n) is 7.99. The van der Waals surface area contributed by atoms with Gasteiger partial charge in [0.05, 0.1) is 17.4 Å². The van der Waals surface area contributed by atoms with Crippen LogP contribution < -0.4 is 10.2 Å². The molecule has 0 atom stereocenters. The number of benzene rings is 1. The van der Waals surface area contributed by atoms with Crippen LogP contribution >= 0.6 is 0 Å². The summed E-state index contributed by atoms with van der Waals surface area (Å²) in [5, 5.41) is 2.76. The van der Waals surface area contributed by atoms with Gasteiger partial charge < -0.3 is 10.2 Å². The van der Waals surface area contributed by atoms with Crippen LogP contribution in [-0.2, 0) is 0 Å². The summed E-state index contributed by atoms with van der Waals surface area (Å²) in [5.41, 5.74) is 2.06. The Kier molecular flexibility index (Phi) is 4.86. The van der Waals surface area contributed by atoms with Crippen LogP contribution in [0.25, 0.3) is 0 Å². The number of carbonyl (C=O) groups is 1. The number of amides is 1. The third-order valence-corrected chi connectivity index (χ3v) is 4.06. The minimum absolute atomic E-state index is 0.235. The average molecular weight is 313 g/mol. The molecule has 1 aromatic heterocycles. The van der Waals surface area contributed by atoms with Crippen LogP contribution in [0.15, 0.2) is 42.7 Å². The number of rotatable bonds is 3. The van der Waals surface area contributed by atoms with E-state index in [9.17, 15) is 9.18 Å². The SMILES string of the molecule is O=C(Nc1ccc(F)cc1)c1cncc(N2CCCCCC2)c1. The van der Waals surface area contributed by atoms with E-state index in [2.05, 4.69) is 15.2 Å². The summed E-state index contributed by atoms with van der Waals surface area (Å²) < 4.78 is 12.9. The molecule has 1 aliphatic heterocycles. The Morgan fingerprint density at radius 2 is 1.74 bits per heavy atom. The van der Waals surface area contributed by atoms with Gasteiger partial charge in [-0.05, 0) is 43.2 Å². The van der Waals surface area contributed by atoms with Crippen molar-refractivity contribution in [3.05, 3.63) is 54.1 Å². The maximum atomic E-state index is 12.9. The lowest BCUT2D eigenvalue weighted by atomic mass is 10.2. The summed E-state index contributed by atoms with van der Waals surface area (Å²) >= 11 is 0. The zero-order chi connectivity index (χ0) is 16.1. The third kappa shape index (κ3) is 4.06. The van der Waals surface area contributed by atoms with E-state index in [1.165, 1.54) is 37.8 Å². The van der Waals surface area contributed by atoms with Gasteiger partial charge in [0, 0.05) is 25.0 Å². The molecule has 1 amide bonds. The molecule has 5 heteroatoms. The Morgan fingerprint density at radius 1 is 1.04 bits per heavy atom. The van der Waals surface area contributed by atoms with Crippen molar-refractivity contribution in [2.24, 2.45) is 0 Å². The Hall–Kier alpha value is -2.43. The lowest BCUT2D eigenvalue weighted by Crippen LogP contribution is -2.24. The molecule has 0 unspecified atom stereocenters. The molecular formula is C18H20FN3O. The van der Waals surface area contributed by atoms with E-state index in [0.717, 1.165) is 18.8 Å². The number of hydrogen-bond acceptors (Lipinski definition) is 3. The van der Waals surface area contributed by atoms with Gasteiger partial charge in [-0.25, -0.2) is 4.39 Å². The van der Waals surface area contributed by atoms with Crippen molar-refractivity contribution in [2.45, 2.75) is 25.7 Å². The smallest absolute Gasteiger partial charge is 0.257 e. The maximum absolute atomic E-state index is 12.9. The molecule has 0 saturated carbocycles. The molecule has 0 bridgehead atoms. The summed E-state index contributed by atoms with van der Waals surface area (Å²) in [5.74, 6) is -0.561. The third-order valence-electron chi connectivity index (χ3n) is 4.06. The van der Waals surface area contributed by atoms with Gasteiger partial charge in [-0.2, -0.15) is 0 Å². The van der Waals surface area contributed by atoms with Crippen molar-refractivity contribution >= 4 is 17.3 Å². The Bertz CT molecular complexity index is 664. The van der Waals surface area contributed by atoms with Crippen molar-refractivity contribution in [1.29, 1.82) is 0 Å². The summed E-state index contributed by atoms with van der Waals surface area (Å²) in [6, 6.07) is 7.60. The molecule has 1 N–H and O–H groups in total. The van der Waals surface area contributed by atoms with Crippen LogP contribution in [0, 0.1) is 5.82 Å². The molecule has 3 rings (SSSR count). The van der Waals surface area contributed by atoms with Gasteiger partial charge in [0.15, 0.2) is 0 Å². The Labute approximate surface area is 135 Å². The van der Waals surface area contributed by atoms with E-state index >= 15 is 0 Å². The zero-order valence-corrected chi connectivity index (χ0v) is 13.0. The highest BCUT2D eigenvalue weighted by Gasteiger charge is 2.13. The number of aromatic nitrogens is 1. The van der Waals surface area contributed by atoms with Crippen LogP contribution in [0.2, 0.25) is 0 Å². The van der Waals surface area contributed by atoms with Crippen molar-refractivity contribution in [3.8, 4) is 0 Å². The second-order valence-electron chi connectivity index (χ2n) is 5.79. The molecule has 1 aliphatic rings. The number of nitrogens with one attached hydrogen (secondary N) is 1. The summed E-state index contributed by atoms with van der Waals surface area (Å²) in [7, 11) is 0. The van der Waals surface area contributed by atoms with Gasteiger partial charge in [-0.15, -0.1) is 0 Å². The molecule has 1 saturated heterocycles. The first-order chi connectivity index (χ1) is 11.2. The predicted octanol–water partition coefficient (Wildman–Crippen LogP) is 3.85. The molecular weight excluding hydrogens is 293 g/mol. The van der Waals surface area contributed by atoms with Crippen LogP contribution in [-0.4, -0.2) is 24.0 Å². The molecule has 4 nitrogen and oxygen atoms in total. The van der Waals surface area contributed by atoms with Gasteiger partial charge in [0.2, 0.25) is 0 Å². The number of nitrogens with zero attached hydrogens (tertiary/aromatic N) is 2. The molecule has 120 valence electrons. The highest BCUT2D eigenvalue weighted by molar-refractivity contribution is 6.04. The lowest BCUT2D eigenvalue weighted by molar-refractivity contribution is 0.102. The van der Waals surface area contributed by atoms with Crippen LogP contribution in [0.5, 0.6) is 0 Å². The zero-order valence-electron chi connectivity index (χ0n) is 13.0. The first-order valence-corrected chi connectivity index (χ1v) is 7.99. The second-order valence-corrected chi connectivity index (χ2v) is 5.79. The van der Waals surface area contributed by atoms with Crippen molar-refractivity contribution < 1.29 is 9.18 Å². The average Bonchev–Trinajstić information content (AvgIpc) is 2.86. The molecule has 0 spiro atoms.